The van der Waals surface area contributed by atoms with Crippen LogP contribution in [-0.4, -0.2) is 45.7 Å². The van der Waals surface area contributed by atoms with Crippen LogP contribution in [0.4, 0.5) is 0 Å². The number of amides is 1. The van der Waals surface area contributed by atoms with Gasteiger partial charge in [0.05, 0.1) is 27.7 Å². The number of hydrogen-bond donors (Lipinski definition) is 1. The Morgan fingerprint density at radius 3 is 2.59 bits per heavy atom. The van der Waals surface area contributed by atoms with Crippen LogP contribution in [0, 0.1) is 5.41 Å². The number of nitrogens with zero attached hydrogens (tertiary/aromatic N) is 4. The lowest BCUT2D eigenvalue weighted by atomic mass is 9.93. The van der Waals surface area contributed by atoms with E-state index in [1.165, 1.54) is 0 Å². The molecule has 3 aromatic rings. The molecule has 6 nitrogen and oxygen atoms in total. The Balaban J connectivity index is 0.00000210. The summed E-state index contributed by atoms with van der Waals surface area (Å²) < 4.78 is 1.87. The number of nitrogens with two attached hydrogens (primary N) is 1. The fraction of sp³-hybridized carbons (Fsp3) is 0.450. The number of fused-ring (bicyclic) bond motifs is 1. The molecule has 9 heteroatoms. The fourth-order valence-electron chi connectivity index (χ4n) is 3.11. The van der Waals surface area contributed by atoms with Gasteiger partial charge >= 0.3 is 0 Å². The molecule has 0 unspecified atom stereocenters. The molecule has 0 bridgehead atoms. The summed E-state index contributed by atoms with van der Waals surface area (Å²) in [5, 5.41) is 7.27. The molecule has 0 atom stereocenters. The van der Waals surface area contributed by atoms with E-state index >= 15 is 0 Å². The van der Waals surface area contributed by atoms with Gasteiger partial charge in [-0.1, -0.05) is 19.9 Å². The first-order valence-corrected chi connectivity index (χ1v) is 9.99. The van der Waals surface area contributed by atoms with Gasteiger partial charge in [-0.05, 0) is 43.3 Å². The van der Waals surface area contributed by atoms with Gasteiger partial charge in [0, 0.05) is 19.6 Å². The first-order valence-electron chi connectivity index (χ1n) is 9.11. The number of halogens is 2. The molecule has 0 fully saturated rings. The summed E-state index contributed by atoms with van der Waals surface area (Å²) in [6.45, 7) is 9.34. The van der Waals surface area contributed by atoms with Gasteiger partial charge in [0.1, 0.15) is 0 Å². The third-order valence-electron chi connectivity index (χ3n) is 4.62. The normalized spacial score (nSPS) is 11.3. The monoisotopic (exact) mass is 457 g/mol. The standard InChI is InChI=1S/C20H27N5OS.2ClH/c1-13(2)25-18-15(10-22-25)14(9-16(23-18)17-7-6-8-27-17)19(26)24(5)12-20(3,4)11-21;;/h6-10,13H,11-12,21H2,1-5H3;2*1H. The maximum atomic E-state index is 13.3. The molecular weight excluding hydrogens is 429 g/mol. The minimum Gasteiger partial charge on any atom is -0.341 e. The predicted octanol–water partition coefficient (Wildman–Crippen LogP) is 4.64. The van der Waals surface area contributed by atoms with E-state index in [4.69, 9.17) is 10.7 Å². The summed E-state index contributed by atoms with van der Waals surface area (Å²) in [4.78, 5) is 20.9. The van der Waals surface area contributed by atoms with Crippen LogP contribution in [0.1, 0.15) is 44.1 Å². The van der Waals surface area contributed by atoms with Gasteiger partial charge in [0.15, 0.2) is 5.65 Å². The van der Waals surface area contributed by atoms with Gasteiger partial charge in [-0.2, -0.15) is 5.10 Å². The van der Waals surface area contributed by atoms with Crippen molar-refractivity contribution in [2.75, 3.05) is 20.1 Å². The molecule has 0 aliphatic heterocycles. The van der Waals surface area contributed by atoms with Gasteiger partial charge in [0.25, 0.3) is 5.91 Å². The van der Waals surface area contributed by atoms with Crippen molar-refractivity contribution in [3.05, 3.63) is 35.3 Å². The molecule has 3 heterocycles. The highest BCUT2D eigenvalue weighted by Gasteiger charge is 2.25. The second-order valence-corrected chi connectivity index (χ2v) is 8.93. The van der Waals surface area contributed by atoms with E-state index in [9.17, 15) is 4.79 Å². The fourth-order valence-corrected chi connectivity index (χ4v) is 3.79. The molecule has 0 aromatic carbocycles. The number of hydrogen-bond acceptors (Lipinski definition) is 5. The highest BCUT2D eigenvalue weighted by molar-refractivity contribution is 7.13. The molecule has 1 amide bonds. The zero-order valence-corrected chi connectivity index (χ0v) is 19.8. The maximum Gasteiger partial charge on any atom is 0.254 e. The smallest absolute Gasteiger partial charge is 0.254 e. The number of pyridine rings is 1. The van der Waals surface area contributed by atoms with Crippen LogP contribution in [0.5, 0.6) is 0 Å². The summed E-state index contributed by atoms with van der Waals surface area (Å²) >= 11 is 1.61. The topological polar surface area (TPSA) is 77.0 Å². The number of carbonyl (C=O) groups is 1. The molecule has 0 aliphatic rings. The Labute approximate surface area is 188 Å². The van der Waals surface area contributed by atoms with E-state index in [1.807, 2.05) is 35.3 Å². The van der Waals surface area contributed by atoms with Crippen molar-refractivity contribution in [3.8, 4) is 10.6 Å². The number of thiophene rings is 1. The highest BCUT2D eigenvalue weighted by atomic mass is 35.5. The van der Waals surface area contributed by atoms with Crippen LogP contribution >= 0.6 is 36.2 Å². The largest absolute Gasteiger partial charge is 0.341 e. The van der Waals surface area contributed by atoms with Gasteiger partial charge in [0.2, 0.25) is 0 Å². The molecule has 0 spiro atoms. The molecule has 3 aromatic heterocycles. The summed E-state index contributed by atoms with van der Waals surface area (Å²) in [5.41, 5.74) is 7.88. The Bertz CT molecular complexity index is 953. The van der Waals surface area contributed by atoms with E-state index < -0.39 is 0 Å². The van der Waals surface area contributed by atoms with E-state index in [2.05, 4.69) is 32.8 Å². The van der Waals surface area contributed by atoms with E-state index in [0.717, 1.165) is 21.6 Å². The Morgan fingerprint density at radius 2 is 2.03 bits per heavy atom. The summed E-state index contributed by atoms with van der Waals surface area (Å²) in [6.07, 6.45) is 1.75. The summed E-state index contributed by atoms with van der Waals surface area (Å²) in [6, 6.07) is 6.05. The first-order chi connectivity index (χ1) is 12.7. The average molecular weight is 458 g/mol. The van der Waals surface area contributed by atoms with Gasteiger partial charge in [-0.25, -0.2) is 9.67 Å². The van der Waals surface area contributed by atoms with Crippen LogP contribution in [-0.2, 0) is 0 Å². The minimum atomic E-state index is -0.144. The highest BCUT2D eigenvalue weighted by Crippen LogP contribution is 2.29. The maximum absolute atomic E-state index is 13.3. The lowest BCUT2D eigenvalue weighted by Gasteiger charge is -2.29. The minimum absolute atomic E-state index is 0. The number of rotatable bonds is 6. The zero-order valence-electron chi connectivity index (χ0n) is 17.4. The van der Waals surface area contributed by atoms with Crippen molar-refractivity contribution < 1.29 is 4.79 Å². The van der Waals surface area contributed by atoms with Crippen LogP contribution in [0.3, 0.4) is 0 Å². The Morgan fingerprint density at radius 1 is 1.34 bits per heavy atom. The zero-order chi connectivity index (χ0) is 19.8. The molecule has 0 saturated heterocycles. The van der Waals surface area contributed by atoms with E-state index in [1.54, 1.807) is 22.4 Å². The van der Waals surface area contributed by atoms with E-state index in [-0.39, 0.29) is 42.2 Å². The van der Waals surface area contributed by atoms with E-state index in [0.29, 0.717) is 18.7 Å². The number of carbonyl (C=O) groups excluding carboxylic acids is 1. The quantitative estimate of drug-likeness (QED) is 0.584. The third kappa shape index (κ3) is 5.28. The third-order valence-corrected chi connectivity index (χ3v) is 5.52. The van der Waals surface area contributed by atoms with Crippen molar-refractivity contribution >= 4 is 53.1 Å². The molecule has 0 saturated carbocycles. The van der Waals surface area contributed by atoms with Crippen LogP contribution in [0.2, 0.25) is 0 Å². The SMILES string of the molecule is CC(C)n1ncc2c(C(=O)N(C)CC(C)(C)CN)cc(-c3cccs3)nc21.Cl.Cl. The molecular formula is C20H29Cl2N5OS. The Kier molecular flexibility index (Phi) is 8.65. The van der Waals surface area contributed by atoms with Gasteiger partial charge in [-0.3, -0.25) is 4.79 Å². The number of aromatic nitrogens is 3. The lowest BCUT2D eigenvalue weighted by Crippen LogP contribution is -2.39. The van der Waals surface area contributed by atoms with Crippen LogP contribution in [0.25, 0.3) is 21.6 Å². The van der Waals surface area contributed by atoms with Crippen molar-refractivity contribution in [3.63, 3.8) is 0 Å². The average Bonchev–Trinajstić information content (AvgIpc) is 3.29. The molecule has 29 heavy (non-hydrogen) atoms. The second-order valence-electron chi connectivity index (χ2n) is 7.98. The van der Waals surface area contributed by atoms with Gasteiger partial charge in [-0.15, -0.1) is 36.2 Å². The van der Waals surface area contributed by atoms with Crippen molar-refractivity contribution in [1.82, 2.24) is 19.7 Å². The van der Waals surface area contributed by atoms with Crippen molar-refractivity contribution in [2.45, 2.75) is 33.7 Å². The first kappa shape index (κ1) is 25.4. The van der Waals surface area contributed by atoms with Crippen molar-refractivity contribution in [1.29, 1.82) is 0 Å². The molecule has 0 radical (unpaired) electrons. The molecule has 2 N–H and O–H groups in total. The molecule has 160 valence electrons. The second kappa shape index (κ2) is 9.89. The van der Waals surface area contributed by atoms with Crippen LogP contribution in [0.15, 0.2) is 29.8 Å². The van der Waals surface area contributed by atoms with Crippen LogP contribution < -0.4 is 5.73 Å². The lowest BCUT2D eigenvalue weighted by molar-refractivity contribution is 0.0742. The van der Waals surface area contributed by atoms with Gasteiger partial charge < -0.3 is 10.6 Å². The summed E-state index contributed by atoms with van der Waals surface area (Å²) in [5.74, 6) is -0.0370. The van der Waals surface area contributed by atoms with Crippen molar-refractivity contribution in [2.24, 2.45) is 11.1 Å². The molecule has 3 rings (SSSR count). The molecule has 0 aliphatic carbocycles. The predicted molar refractivity (Wildman–Crippen MR) is 126 cm³/mol. The summed E-state index contributed by atoms with van der Waals surface area (Å²) in [7, 11) is 1.82. The Hall–Kier alpha value is -1.67.